The molecule has 0 saturated heterocycles. The second-order valence-electron chi connectivity index (χ2n) is 7.43. The maximum absolute atomic E-state index is 14.8. The first-order valence-corrected chi connectivity index (χ1v) is 9.55. The van der Waals surface area contributed by atoms with E-state index in [2.05, 4.69) is 9.97 Å². The van der Waals surface area contributed by atoms with Crippen LogP contribution in [0.4, 0.5) is 4.39 Å². The lowest BCUT2D eigenvalue weighted by Gasteiger charge is -2.24. The fourth-order valence-corrected chi connectivity index (χ4v) is 4.25. The monoisotopic (exact) mass is 396 g/mol. The zero-order chi connectivity index (χ0) is 20.7. The first-order valence-electron chi connectivity index (χ1n) is 9.55. The molecule has 4 aromatic rings. The highest BCUT2D eigenvalue weighted by Crippen LogP contribution is 2.47. The molecule has 146 valence electrons. The zero-order valence-corrected chi connectivity index (χ0v) is 15.9. The number of rotatable bonds is 3. The van der Waals surface area contributed by atoms with E-state index in [1.807, 2.05) is 47.0 Å². The van der Waals surface area contributed by atoms with Crippen molar-refractivity contribution in [2.75, 3.05) is 0 Å². The van der Waals surface area contributed by atoms with Crippen LogP contribution in [0.15, 0.2) is 79.5 Å². The number of aliphatic hydroxyl groups is 1. The number of hydrogen-bond acceptors (Lipinski definition) is 4. The van der Waals surface area contributed by atoms with E-state index in [9.17, 15) is 9.50 Å². The first-order chi connectivity index (χ1) is 14.6. The topological polar surface area (TPSA) is 74.7 Å². The van der Waals surface area contributed by atoms with Gasteiger partial charge in [-0.25, -0.2) is 9.37 Å². The standard InChI is InChI=1S/C24H17FN4O/c25-21-10-16(13-26)4-5-20(21)22-12-24(30,23-14-28-15-29(22)23)19-3-1-2-18(11-19)17-6-8-27-9-7-17/h1-11,14-15,22,30H,12H2/t22-,24+/m1/s1. The largest absolute Gasteiger partial charge is 0.379 e. The van der Waals surface area contributed by atoms with Crippen LogP contribution in [0.25, 0.3) is 11.1 Å². The Morgan fingerprint density at radius 3 is 2.67 bits per heavy atom. The molecule has 0 radical (unpaired) electrons. The van der Waals surface area contributed by atoms with Gasteiger partial charge in [0.05, 0.1) is 35.9 Å². The third-order valence-electron chi connectivity index (χ3n) is 5.76. The molecule has 2 aromatic carbocycles. The van der Waals surface area contributed by atoms with E-state index < -0.39 is 17.5 Å². The number of fused-ring (bicyclic) bond motifs is 1. The molecular weight excluding hydrogens is 379 g/mol. The normalized spacial score (nSPS) is 20.0. The van der Waals surface area contributed by atoms with E-state index in [0.29, 0.717) is 11.3 Å². The molecule has 0 saturated carbocycles. The van der Waals surface area contributed by atoms with Crippen molar-refractivity contribution in [3.05, 3.63) is 108 Å². The number of pyridine rings is 1. The lowest BCUT2D eigenvalue weighted by atomic mass is 9.85. The molecule has 0 amide bonds. The molecule has 1 aliphatic heterocycles. The van der Waals surface area contributed by atoms with Crippen LogP contribution in [-0.4, -0.2) is 19.6 Å². The molecule has 0 spiro atoms. The van der Waals surface area contributed by atoms with E-state index in [0.717, 1.165) is 16.7 Å². The predicted octanol–water partition coefficient (Wildman–Crippen LogP) is 4.18. The molecular formula is C24H17FN4O. The maximum atomic E-state index is 14.8. The van der Waals surface area contributed by atoms with Gasteiger partial charge in [0.1, 0.15) is 11.4 Å². The van der Waals surface area contributed by atoms with Gasteiger partial charge >= 0.3 is 0 Å². The number of aromatic nitrogens is 3. The molecule has 0 unspecified atom stereocenters. The minimum Gasteiger partial charge on any atom is -0.379 e. The van der Waals surface area contributed by atoms with Gasteiger partial charge in [-0.1, -0.05) is 24.3 Å². The van der Waals surface area contributed by atoms with E-state index in [4.69, 9.17) is 5.26 Å². The maximum Gasteiger partial charge on any atom is 0.133 e. The summed E-state index contributed by atoms with van der Waals surface area (Å²) in [5, 5.41) is 20.8. The van der Waals surface area contributed by atoms with Gasteiger partial charge in [0, 0.05) is 24.4 Å². The lowest BCUT2D eigenvalue weighted by molar-refractivity contribution is 0.0793. The summed E-state index contributed by atoms with van der Waals surface area (Å²) >= 11 is 0. The molecule has 0 aliphatic carbocycles. The summed E-state index contributed by atoms with van der Waals surface area (Å²) in [5.41, 5.74) is 2.66. The Bertz CT molecular complexity index is 1280. The van der Waals surface area contributed by atoms with Crippen molar-refractivity contribution in [3.8, 4) is 17.2 Å². The van der Waals surface area contributed by atoms with Crippen molar-refractivity contribution < 1.29 is 9.50 Å². The highest BCUT2D eigenvalue weighted by Gasteiger charge is 2.45. The predicted molar refractivity (Wildman–Crippen MR) is 109 cm³/mol. The van der Waals surface area contributed by atoms with Crippen LogP contribution in [0.1, 0.15) is 34.8 Å². The third-order valence-corrected chi connectivity index (χ3v) is 5.76. The number of imidazole rings is 1. The molecule has 6 heteroatoms. The number of halogens is 1. The zero-order valence-electron chi connectivity index (χ0n) is 15.9. The highest BCUT2D eigenvalue weighted by atomic mass is 19.1. The van der Waals surface area contributed by atoms with Crippen molar-refractivity contribution in [2.45, 2.75) is 18.1 Å². The highest BCUT2D eigenvalue weighted by molar-refractivity contribution is 5.64. The second-order valence-corrected chi connectivity index (χ2v) is 7.43. The summed E-state index contributed by atoms with van der Waals surface area (Å²) < 4.78 is 16.6. The molecule has 0 bridgehead atoms. The molecule has 0 fully saturated rings. The van der Waals surface area contributed by atoms with E-state index in [-0.39, 0.29) is 12.0 Å². The van der Waals surface area contributed by atoms with Crippen molar-refractivity contribution in [1.29, 1.82) is 5.26 Å². The van der Waals surface area contributed by atoms with Crippen LogP contribution < -0.4 is 0 Å². The second kappa shape index (κ2) is 6.90. The van der Waals surface area contributed by atoms with Gasteiger partial charge in [-0.3, -0.25) is 4.98 Å². The van der Waals surface area contributed by atoms with Gasteiger partial charge in [-0.05, 0) is 47.0 Å². The average Bonchev–Trinajstić information content (AvgIpc) is 3.38. The molecule has 5 nitrogen and oxygen atoms in total. The van der Waals surface area contributed by atoms with Gasteiger partial charge in [-0.2, -0.15) is 5.26 Å². The Labute approximate surface area is 172 Å². The van der Waals surface area contributed by atoms with Crippen LogP contribution in [-0.2, 0) is 5.60 Å². The van der Waals surface area contributed by atoms with Crippen molar-refractivity contribution in [1.82, 2.24) is 14.5 Å². The van der Waals surface area contributed by atoms with Crippen molar-refractivity contribution in [2.24, 2.45) is 0 Å². The third kappa shape index (κ3) is 2.79. The lowest BCUT2D eigenvalue weighted by Crippen LogP contribution is -2.24. The molecule has 3 heterocycles. The SMILES string of the molecule is N#Cc1ccc([C@H]2C[C@](O)(c3cccc(-c4ccncc4)c3)c3cncn32)c(F)c1. The fourth-order valence-electron chi connectivity index (χ4n) is 4.25. The quantitative estimate of drug-likeness (QED) is 0.564. The molecule has 1 aliphatic rings. The molecule has 5 rings (SSSR count). The smallest absolute Gasteiger partial charge is 0.133 e. The molecule has 2 aromatic heterocycles. The van der Waals surface area contributed by atoms with Crippen LogP contribution in [0.2, 0.25) is 0 Å². The number of nitrogens with zero attached hydrogens (tertiary/aromatic N) is 4. The van der Waals surface area contributed by atoms with E-state index >= 15 is 0 Å². The van der Waals surface area contributed by atoms with Crippen molar-refractivity contribution in [3.63, 3.8) is 0 Å². The van der Waals surface area contributed by atoms with Gasteiger partial charge < -0.3 is 9.67 Å². The molecule has 30 heavy (non-hydrogen) atoms. The Morgan fingerprint density at radius 2 is 1.90 bits per heavy atom. The van der Waals surface area contributed by atoms with Gasteiger partial charge in [0.2, 0.25) is 0 Å². The summed E-state index contributed by atoms with van der Waals surface area (Å²) in [6, 6.07) is 17.5. The van der Waals surface area contributed by atoms with E-state index in [1.54, 1.807) is 37.1 Å². The Morgan fingerprint density at radius 1 is 1.07 bits per heavy atom. The number of hydrogen-bond donors (Lipinski definition) is 1. The number of benzene rings is 2. The van der Waals surface area contributed by atoms with Crippen LogP contribution >= 0.6 is 0 Å². The van der Waals surface area contributed by atoms with Crippen LogP contribution in [0.3, 0.4) is 0 Å². The van der Waals surface area contributed by atoms with Crippen LogP contribution in [0, 0.1) is 17.1 Å². The Balaban J connectivity index is 1.59. The summed E-state index contributed by atoms with van der Waals surface area (Å²) in [4.78, 5) is 8.26. The summed E-state index contributed by atoms with van der Waals surface area (Å²) in [6.45, 7) is 0. The minimum absolute atomic E-state index is 0.264. The van der Waals surface area contributed by atoms with Gasteiger partial charge in [0.15, 0.2) is 0 Å². The number of nitriles is 1. The first kappa shape index (κ1) is 18.2. The average molecular weight is 396 g/mol. The van der Waals surface area contributed by atoms with Gasteiger partial charge in [0.25, 0.3) is 0 Å². The minimum atomic E-state index is -1.31. The summed E-state index contributed by atoms with van der Waals surface area (Å²) in [6.07, 6.45) is 6.96. The Hall–Kier alpha value is -3.82. The summed E-state index contributed by atoms with van der Waals surface area (Å²) in [5.74, 6) is -0.464. The molecule has 1 N–H and O–H groups in total. The van der Waals surface area contributed by atoms with E-state index in [1.165, 1.54) is 6.07 Å². The fraction of sp³-hybridized carbons (Fsp3) is 0.125. The van der Waals surface area contributed by atoms with Crippen LogP contribution in [0.5, 0.6) is 0 Å². The summed E-state index contributed by atoms with van der Waals surface area (Å²) in [7, 11) is 0. The van der Waals surface area contributed by atoms with Crippen molar-refractivity contribution >= 4 is 0 Å². The molecule has 2 atom stereocenters. The Kier molecular flexibility index (Phi) is 4.19. The van der Waals surface area contributed by atoms with Gasteiger partial charge in [-0.15, -0.1) is 0 Å².